The van der Waals surface area contributed by atoms with Gasteiger partial charge in [0.15, 0.2) is 0 Å². The molecule has 1 unspecified atom stereocenters. The molecule has 1 saturated heterocycles. The van der Waals surface area contributed by atoms with E-state index in [1.54, 1.807) is 11.9 Å². The number of benzene rings is 1. The highest BCUT2D eigenvalue weighted by molar-refractivity contribution is 5.94. The van der Waals surface area contributed by atoms with Gasteiger partial charge in [-0.25, -0.2) is 0 Å². The molecule has 8 heteroatoms. The van der Waals surface area contributed by atoms with Crippen molar-refractivity contribution >= 4 is 18.3 Å². The normalized spacial score (nSPS) is 18.5. The number of hydrogen-bond acceptors (Lipinski definition) is 3. The smallest absolute Gasteiger partial charge is 0.406 e. The summed E-state index contributed by atoms with van der Waals surface area (Å²) in [6, 6.07) is 5.17. The fourth-order valence-electron chi connectivity index (χ4n) is 2.56. The zero-order chi connectivity index (χ0) is 16.2. The minimum absolute atomic E-state index is 0. The van der Waals surface area contributed by atoms with Crippen molar-refractivity contribution in [1.82, 2.24) is 10.2 Å². The summed E-state index contributed by atoms with van der Waals surface area (Å²) in [5.41, 5.74) is 0.356. The van der Waals surface area contributed by atoms with Crippen LogP contribution in [0.1, 0.15) is 29.6 Å². The van der Waals surface area contributed by atoms with E-state index in [1.165, 1.54) is 12.1 Å². The van der Waals surface area contributed by atoms with Gasteiger partial charge in [0.05, 0.1) is 0 Å². The monoisotopic (exact) mass is 352 g/mol. The maximum absolute atomic E-state index is 12.4. The molecule has 130 valence electrons. The Hall–Kier alpha value is -1.47. The largest absolute Gasteiger partial charge is 0.573 e. The molecule has 1 aromatic rings. The van der Waals surface area contributed by atoms with E-state index in [1.807, 2.05) is 0 Å². The average Bonchev–Trinajstić information content (AvgIpc) is 2.74. The van der Waals surface area contributed by atoms with E-state index in [4.69, 9.17) is 0 Å². The molecular weight excluding hydrogens is 333 g/mol. The molecule has 0 radical (unpaired) electrons. The predicted octanol–water partition coefficient (Wildman–Crippen LogP) is 3.22. The fraction of sp³-hybridized carbons (Fsp3) is 0.533. The number of carbonyl (C=O) groups is 1. The van der Waals surface area contributed by atoms with Crippen LogP contribution in [-0.2, 0) is 0 Å². The molecule has 2 rings (SSSR count). The van der Waals surface area contributed by atoms with Crippen LogP contribution in [0.3, 0.4) is 0 Å². The summed E-state index contributed by atoms with van der Waals surface area (Å²) in [7, 11) is 1.73. The molecule has 1 atom stereocenters. The number of hydrogen-bond donors (Lipinski definition) is 1. The Morgan fingerprint density at radius 2 is 1.87 bits per heavy atom. The first-order chi connectivity index (χ1) is 10.4. The van der Waals surface area contributed by atoms with Crippen molar-refractivity contribution in [3.63, 3.8) is 0 Å². The lowest BCUT2D eigenvalue weighted by Gasteiger charge is -2.27. The van der Waals surface area contributed by atoms with Gasteiger partial charge < -0.3 is 15.0 Å². The number of alkyl halides is 3. The van der Waals surface area contributed by atoms with Crippen molar-refractivity contribution in [2.45, 2.75) is 31.7 Å². The highest BCUT2D eigenvalue weighted by Crippen LogP contribution is 2.23. The summed E-state index contributed by atoms with van der Waals surface area (Å²) in [5.74, 6) is -0.518. The van der Waals surface area contributed by atoms with Crippen molar-refractivity contribution in [1.29, 1.82) is 0 Å². The Balaban J connectivity index is 0.00000264. The number of nitrogens with one attached hydrogen (secondary N) is 1. The van der Waals surface area contributed by atoms with Crippen LogP contribution in [0, 0.1) is 0 Å². The molecule has 1 heterocycles. The Labute approximate surface area is 139 Å². The number of ether oxygens (including phenoxy) is 1. The van der Waals surface area contributed by atoms with E-state index in [9.17, 15) is 18.0 Å². The minimum atomic E-state index is -4.73. The molecule has 0 bridgehead atoms. The van der Waals surface area contributed by atoms with Crippen LogP contribution < -0.4 is 10.1 Å². The highest BCUT2D eigenvalue weighted by Gasteiger charge is 2.31. The van der Waals surface area contributed by atoms with Gasteiger partial charge in [-0.3, -0.25) is 4.79 Å². The van der Waals surface area contributed by atoms with Crippen LogP contribution in [0.15, 0.2) is 24.3 Å². The third-order valence-electron chi connectivity index (χ3n) is 3.75. The third-order valence-corrected chi connectivity index (χ3v) is 3.75. The zero-order valence-corrected chi connectivity index (χ0v) is 13.5. The Morgan fingerprint density at radius 1 is 1.22 bits per heavy atom. The molecular formula is C15H20ClF3N2O2. The van der Waals surface area contributed by atoms with Gasteiger partial charge in [-0.1, -0.05) is 0 Å². The molecule has 23 heavy (non-hydrogen) atoms. The Kier molecular flexibility index (Phi) is 7.15. The quantitative estimate of drug-likeness (QED) is 0.908. The Bertz CT molecular complexity index is 500. The summed E-state index contributed by atoms with van der Waals surface area (Å²) in [6.07, 6.45) is -1.93. The summed E-state index contributed by atoms with van der Waals surface area (Å²) in [6.45, 7) is 1.81. The summed E-state index contributed by atoms with van der Waals surface area (Å²) < 4.78 is 40.1. The molecule has 1 fully saturated rings. The molecule has 0 saturated carbocycles. The van der Waals surface area contributed by atoms with Gasteiger partial charge >= 0.3 is 6.36 Å². The maximum Gasteiger partial charge on any atom is 0.573 e. The van der Waals surface area contributed by atoms with E-state index in [2.05, 4.69) is 10.1 Å². The van der Waals surface area contributed by atoms with Crippen LogP contribution >= 0.6 is 12.4 Å². The average molecular weight is 353 g/mol. The van der Waals surface area contributed by atoms with Crippen LogP contribution in [0.4, 0.5) is 13.2 Å². The molecule has 1 amide bonds. The van der Waals surface area contributed by atoms with Crippen molar-refractivity contribution in [3.8, 4) is 5.75 Å². The van der Waals surface area contributed by atoms with Gasteiger partial charge in [0, 0.05) is 18.7 Å². The highest BCUT2D eigenvalue weighted by atomic mass is 35.5. The molecule has 0 spiro atoms. The van der Waals surface area contributed by atoms with Crippen molar-refractivity contribution < 1.29 is 22.7 Å². The number of rotatable bonds is 3. The molecule has 1 aromatic carbocycles. The van der Waals surface area contributed by atoms with Gasteiger partial charge in [-0.05, 0) is 56.6 Å². The van der Waals surface area contributed by atoms with Crippen LogP contribution in [0.25, 0.3) is 0 Å². The first-order valence-corrected chi connectivity index (χ1v) is 7.20. The second-order valence-corrected chi connectivity index (χ2v) is 5.32. The third kappa shape index (κ3) is 5.91. The lowest BCUT2D eigenvalue weighted by Crippen LogP contribution is -2.37. The first kappa shape index (κ1) is 19.6. The molecule has 1 aliphatic rings. The number of halogens is 4. The van der Waals surface area contributed by atoms with Gasteiger partial charge in [-0.15, -0.1) is 25.6 Å². The SMILES string of the molecule is CN(C(=O)c1ccc(OC(F)(F)F)cc1)C1CCCNCC1.Cl. The van der Waals surface area contributed by atoms with Gasteiger partial charge in [0.2, 0.25) is 0 Å². The summed E-state index contributed by atoms with van der Waals surface area (Å²) >= 11 is 0. The number of nitrogens with zero attached hydrogens (tertiary/aromatic N) is 1. The van der Waals surface area contributed by atoms with Gasteiger partial charge in [0.1, 0.15) is 5.75 Å². The molecule has 0 aliphatic carbocycles. The lowest BCUT2D eigenvalue weighted by atomic mass is 10.1. The van der Waals surface area contributed by atoms with E-state index in [-0.39, 0.29) is 30.1 Å². The second kappa shape index (κ2) is 8.40. The molecule has 4 nitrogen and oxygen atoms in total. The zero-order valence-electron chi connectivity index (χ0n) is 12.7. The van der Waals surface area contributed by atoms with Crippen LogP contribution in [-0.4, -0.2) is 43.3 Å². The van der Waals surface area contributed by atoms with E-state index in [0.717, 1.165) is 44.5 Å². The van der Waals surface area contributed by atoms with E-state index >= 15 is 0 Å². The van der Waals surface area contributed by atoms with Crippen LogP contribution in [0.5, 0.6) is 5.75 Å². The van der Waals surface area contributed by atoms with Crippen molar-refractivity contribution in [2.75, 3.05) is 20.1 Å². The van der Waals surface area contributed by atoms with Crippen molar-refractivity contribution in [3.05, 3.63) is 29.8 Å². The lowest BCUT2D eigenvalue weighted by molar-refractivity contribution is -0.274. The van der Waals surface area contributed by atoms with E-state index < -0.39 is 6.36 Å². The van der Waals surface area contributed by atoms with E-state index in [0.29, 0.717) is 5.56 Å². The fourth-order valence-corrected chi connectivity index (χ4v) is 2.56. The summed E-state index contributed by atoms with van der Waals surface area (Å²) in [4.78, 5) is 14.1. The molecule has 0 aromatic heterocycles. The number of carbonyl (C=O) groups excluding carboxylic acids is 1. The van der Waals surface area contributed by atoms with Crippen LogP contribution in [0.2, 0.25) is 0 Å². The maximum atomic E-state index is 12.4. The molecule has 1 aliphatic heterocycles. The second-order valence-electron chi connectivity index (χ2n) is 5.32. The minimum Gasteiger partial charge on any atom is -0.406 e. The van der Waals surface area contributed by atoms with Gasteiger partial charge in [0.25, 0.3) is 5.91 Å². The van der Waals surface area contributed by atoms with Gasteiger partial charge in [-0.2, -0.15) is 0 Å². The van der Waals surface area contributed by atoms with Crippen molar-refractivity contribution in [2.24, 2.45) is 0 Å². The topological polar surface area (TPSA) is 41.6 Å². The Morgan fingerprint density at radius 3 is 2.48 bits per heavy atom. The predicted molar refractivity (Wildman–Crippen MR) is 83.0 cm³/mol. The number of amides is 1. The molecule has 1 N–H and O–H groups in total. The first-order valence-electron chi connectivity index (χ1n) is 7.20. The summed E-state index contributed by atoms with van der Waals surface area (Å²) in [5, 5.41) is 3.28. The standard InChI is InChI=1S/C15H19F3N2O2.ClH/c1-20(12-3-2-9-19-10-8-12)14(21)11-4-6-13(7-5-11)22-15(16,17)18;/h4-7,12,19H,2-3,8-10H2,1H3;1H.